The summed E-state index contributed by atoms with van der Waals surface area (Å²) in [7, 11) is 0. The summed E-state index contributed by atoms with van der Waals surface area (Å²) in [6, 6.07) is 59.7. The van der Waals surface area contributed by atoms with E-state index in [1.54, 1.807) is 0 Å². The Morgan fingerprint density at radius 1 is 0.278 bits per heavy atom. The van der Waals surface area contributed by atoms with E-state index in [-0.39, 0.29) is 0 Å². The molecule has 0 unspecified atom stereocenters. The van der Waals surface area contributed by atoms with Crippen molar-refractivity contribution in [3.63, 3.8) is 0 Å². The molecule has 0 saturated carbocycles. The van der Waals surface area contributed by atoms with Gasteiger partial charge in [-0.15, -0.1) is 0 Å². The third-order valence-electron chi connectivity index (χ3n) is 12.3. The molecule has 0 heteroatoms. The van der Waals surface area contributed by atoms with Gasteiger partial charge >= 0.3 is 0 Å². The largest absolute Gasteiger partial charge is 0.0622 e. The van der Waals surface area contributed by atoms with E-state index in [9.17, 15) is 0 Å². The van der Waals surface area contributed by atoms with Crippen LogP contribution in [-0.2, 0) is 0 Å². The van der Waals surface area contributed by atoms with Gasteiger partial charge in [0.15, 0.2) is 0 Å². The molecule has 11 aromatic carbocycles. The predicted molar refractivity (Wildman–Crippen MR) is 236 cm³/mol. The molecule has 0 aromatic heterocycles. The number of hydrogen-bond acceptors (Lipinski definition) is 0. The van der Waals surface area contributed by atoms with Crippen molar-refractivity contribution in [2.24, 2.45) is 0 Å². The Bertz CT molecular complexity index is 3210. The Morgan fingerprint density at radius 3 is 1.39 bits per heavy atom. The van der Waals surface area contributed by atoms with Gasteiger partial charge in [-0.2, -0.15) is 0 Å². The first-order valence-corrected chi connectivity index (χ1v) is 19.5. The summed E-state index contributed by atoms with van der Waals surface area (Å²) < 4.78 is 0. The van der Waals surface area contributed by atoms with Crippen LogP contribution >= 0.6 is 0 Å². The highest BCUT2D eigenvalue weighted by molar-refractivity contribution is 6.45. The summed E-state index contributed by atoms with van der Waals surface area (Å²) in [5, 5.41) is 18.7. The number of rotatable bonds is 5. The molecule has 11 aromatic rings. The summed E-state index contributed by atoms with van der Waals surface area (Å²) in [5.41, 5.74) is 10.7. The maximum Gasteiger partial charge on any atom is -0.000719 e. The van der Waals surface area contributed by atoms with Crippen LogP contribution < -0.4 is 0 Å². The van der Waals surface area contributed by atoms with Crippen molar-refractivity contribution in [2.45, 2.75) is 39.5 Å². The lowest BCUT2D eigenvalue weighted by Crippen LogP contribution is -2.00. The van der Waals surface area contributed by atoms with Gasteiger partial charge < -0.3 is 0 Å². The molecule has 0 saturated heterocycles. The molecule has 0 fully saturated rings. The molecule has 0 heterocycles. The van der Waals surface area contributed by atoms with Gasteiger partial charge in [0.25, 0.3) is 0 Å². The van der Waals surface area contributed by atoms with Crippen LogP contribution in [0.2, 0.25) is 0 Å². The fraction of sp³-hybridized carbons (Fsp3) is 0.111. The highest BCUT2D eigenvalue weighted by Crippen LogP contribution is 2.55. The van der Waals surface area contributed by atoms with E-state index < -0.39 is 0 Å². The van der Waals surface area contributed by atoms with Crippen molar-refractivity contribution < 1.29 is 0 Å². The topological polar surface area (TPSA) is 0 Å². The van der Waals surface area contributed by atoms with Crippen molar-refractivity contribution in [1.29, 1.82) is 0 Å². The third kappa shape index (κ3) is 4.20. The van der Waals surface area contributed by atoms with Crippen LogP contribution in [0.25, 0.3) is 109 Å². The average molecular weight is 689 g/mol. The second-order valence-corrected chi connectivity index (χ2v) is 15.9. The molecule has 54 heavy (non-hydrogen) atoms. The van der Waals surface area contributed by atoms with E-state index in [4.69, 9.17) is 0 Å². The molecule has 0 amide bonds. The monoisotopic (exact) mass is 688 g/mol. The SMILES string of the molecule is CC(C)c1cccc(C(C)C)c1-c1ccc2c3c(-c4ccccc4)c4c(cc5c6ccccc6c6cccc4c65)c(-c4ccccc4)c3c3cccc1c32. The van der Waals surface area contributed by atoms with Crippen molar-refractivity contribution in [1.82, 2.24) is 0 Å². The number of fused-ring (bicyclic) bond motifs is 8. The summed E-state index contributed by atoms with van der Waals surface area (Å²) in [5.74, 6) is 0.823. The molecule has 0 aliphatic carbocycles. The van der Waals surface area contributed by atoms with Gasteiger partial charge in [-0.3, -0.25) is 0 Å². The van der Waals surface area contributed by atoms with Crippen LogP contribution in [0.1, 0.15) is 50.7 Å². The highest BCUT2D eigenvalue weighted by atomic mass is 14.3. The zero-order valence-corrected chi connectivity index (χ0v) is 31.2. The normalized spacial score (nSPS) is 12.4. The van der Waals surface area contributed by atoms with Gasteiger partial charge in [-0.25, -0.2) is 0 Å². The van der Waals surface area contributed by atoms with E-state index in [1.807, 2.05) is 0 Å². The molecule has 0 aliphatic rings. The number of benzene rings is 9. The van der Waals surface area contributed by atoms with Crippen molar-refractivity contribution in [3.8, 4) is 33.4 Å². The molecule has 256 valence electrons. The van der Waals surface area contributed by atoms with Gasteiger partial charge in [0.05, 0.1) is 0 Å². The molecule has 0 radical (unpaired) electrons. The Kier molecular flexibility index (Phi) is 6.74. The third-order valence-corrected chi connectivity index (χ3v) is 12.3. The van der Waals surface area contributed by atoms with Crippen LogP contribution in [-0.4, -0.2) is 0 Å². The average Bonchev–Trinajstić information content (AvgIpc) is 3.72. The quantitative estimate of drug-likeness (QED) is 0.158. The molecular formula is C54H40. The lowest BCUT2D eigenvalue weighted by molar-refractivity contribution is 0.838. The first-order valence-electron chi connectivity index (χ1n) is 19.5. The van der Waals surface area contributed by atoms with Gasteiger partial charge in [0.2, 0.25) is 0 Å². The summed E-state index contributed by atoms with van der Waals surface area (Å²) in [6.07, 6.45) is 0. The summed E-state index contributed by atoms with van der Waals surface area (Å²) in [6.45, 7) is 9.33. The second kappa shape index (κ2) is 11.6. The fourth-order valence-corrected chi connectivity index (χ4v) is 10.1. The summed E-state index contributed by atoms with van der Waals surface area (Å²) >= 11 is 0. The minimum Gasteiger partial charge on any atom is -0.0622 e. The maximum atomic E-state index is 2.53. The summed E-state index contributed by atoms with van der Waals surface area (Å²) in [4.78, 5) is 0. The predicted octanol–water partition coefficient (Wildman–Crippen LogP) is 15.9. The van der Waals surface area contributed by atoms with Crippen molar-refractivity contribution >= 4 is 75.4 Å². The molecule has 0 bridgehead atoms. The standard InChI is InChI=1S/C54H40/c1-31(2)35-22-13-23-36(32(3)4)49(35)41-28-29-44-50-40(41)25-15-27-43(50)53-47(33-16-7-5-8-17-33)46-30-45-38-21-12-11-20-37(38)39-24-14-26-42(51(39)45)52(46)48(54(44)53)34-18-9-6-10-19-34/h5-32H,1-4H3. The van der Waals surface area contributed by atoms with Crippen LogP contribution in [0.4, 0.5) is 0 Å². The van der Waals surface area contributed by atoms with Crippen LogP contribution in [0.3, 0.4) is 0 Å². The van der Waals surface area contributed by atoms with E-state index in [0.717, 1.165) is 0 Å². The lowest BCUT2D eigenvalue weighted by Gasteiger charge is -2.21. The van der Waals surface area contributed by atoms with E-state index in [2.05, 4.69) is 185 Å². The lowest BCUT2D eigenvalue weighted by atomic mass is 9.83. The number of hydrogen-bond donors (Lipinski definition) is 0. The zero-order chi connectivity index (χ0) is 36.2. The van der Waals surface area contributed by atoms with Crippen LogP contribution in [0, 0.1) is 0 Å². The Morgan fingerprint density at radius 2 is 0.741 bits per heavy atom. The van der Waals surface area contributed by atoms with Crippen LogP contribution in [0.15, 0.2) is 158 Å². The van der Waals surface area contributed by atoms with E-state index in [1.165, 1.54) is 120 Å². The van der Waals surface area contributed by atoms with Gasteiger partial charge in [-0.1, -0.05) is 179 Å². The highest BCUT2D eigenvalue weighted by Gasteiger charge is 2.27. The molecular weight excluding hydrogens is 649 g/mol. The smallest absolute Gasteiger partial charge is 0.000719 e. The molecule has 11 rings (SSSR count). The minimum absolute atomic E-state index is 0.412. The minimum atomic E-state index is 0.412. The maximum absolute atomic E-state index is 2.53. The molecule has 0 N–H and O–H groups in total. The van der Waals surface area contributed by atoms with Gasteiger partial charge in [-0.05, 0) is 138 Å². The van der Waals surface area contributed by atoms with Gasteiger partial charge in [0, 0.05) is 0 Å². The van der Waals surface area contributed by atoms with Crippen molar-refractivity contribution in [2.75, 3.05) is 0 Å². The van der Waals surface area contributed by atoms with E-state index in [0.29, 0.717) is 11.8 Å². The fourth-order valence-electron chi connectivity index (χ4n) is 10.1. The molecule has 0 nitrogen and oxygen atoms in total. The van der Waals surface area contributed by atoms with Crippen LogP contribution in [0.5, 0.6) is 0 Å². The Hall–Kier alpha value is -6.24. The van der Waals surface area contributed by atoms with Crippen molar-refractivity contribution in [3.05, 3.63) is 169 Å². The zero-order valence-electron chi connectivity index (χ0n) is 31.2. The first kappa shape index (κ1) is 31.3. The van der Waals surface area contributed by atoms with Gasteiger partial charge in [0.1, 0.15) is 0 Å². The molecule has 0 spiro atoms. The molecule has 0 aliphatic heterocycles. The van der Waals surface area contributed by atoms with E-state index >= 15 is 0 Å². The Balaban J connectivity index is 1.43. The second-order valence-electron chi connectivity index (χ2n) is 15.9. The Labute approximate surface area is 316 Å². The first-order chi connectivity index (χ1) is 26.5. The molecule has 0 atom stereocenters.